The van der Waals surface area contributed by atoms with Gasteiger partial charge in [0.05, 0.1) is 12.3 Å². The molecule has 0 N–H and O–H groups in total. The van der Waals surface area contributed by atoms with E-state index in [1.807, 2.05) is 37.3 Å². The van der Waals surface area contributed by atoms with E-state index in [1.165, 1.54) is 6.33 Å². The Labute approximate surface area is 103 Å². The van der Waals surface area contributed by atoms with Gasteiger partial charge >= 0.3 is 0 Å². The second-order valence-corrected chi connectivity index (χ2v) is 3.62. The van der Waals surface area contributed by atoms with Crippen LogP contribution in [0.4, 0.5) is 0 Å². The van der Waals surface area contributed by atoms with Crippen molar-refractivity contribution in [2.45, 2.75) is 6.92 Å². The lowest BCUT2D eigenvalue weighted by molar-refractivity contribution is 0.330. The van der Waals surface area contributed by atoms with Crippen LogP contribution in [0.15, 0.2) is 36.7 Å². The van der Waals surface area contributed by atoms with Gasteiger partial charge in [-0.15, -0.1) is 5.10 Å². The van der Waals surface area contributed by atoms with Crippen molar-refractivity contribution in [3.63, 3.8) is 0 Å². The summed E-state index contributed by atoms with van der Waals surface area (Å²) >= 11 is 0. The predicted molar refractivity (Wildman–Crippen MR) is 65.6 cm³/mol. The highest BCUT2D eigenvalue weighted by molar-refractivity contribution is 5.76. The molecule has 1 aromatic carbocycles. The minimum absolute atomic E-state index is 0.463. The van der Waals surface area contributed by atoms with Crippen LogP contribution in [0.2, 0.25) is 0 Å². The second kappa shape index (κ2) is 4.40. The van der Waals surface area contributed by atoms with Gasteiger partial charge in [0.2, 0.25) is 5.88 Å². The highest BCUT2D eigenvalue weighted by atomic mass is 16.5. The summed E-state index contributed by atoms with van der Waals surface area (Å²) in [5.41, 5.74) is 2.11. The van der Waals surface area contributed by atoms with Crippen LogP contribution in [-0.4, -0.2) is 31.6 Å². The second-order valence-electron chi connectivity index (χ2n) is 3.62. The van der Waals surface area contributed by atoms with E-state index in [-0.39, 0.29) is 0 Å². The molecule has 3 aromatic rings. The summed E-state index contributed by atoms with van der Waals surface area (Å²) in [7, 11) is 0. The lowest BCUT2D eigenvalue weighted by Gasteiger charge is -2.02. The van der Waals surface area contributed by atoms with Crippen LogP contribution in [-0.2, 0) is 0 Å². The van der Waals surface area contributed by atoms with E-state index in [9.17, 15) is 0 Å². The molecule has 0 amide bonds. The Morgan fingerprint density at radius 1 is 1.17 bits per heavy atom. The standard InChI is InChI=1S/C12H11N5O/c1-2-18-12-10-11(13-8-14-12)17(16-15-10)9-6-4-3-5-7-9/h3-8H,2H2,1H3. The highest BCUT2D eigenvalue weighted by Crippen LogP contribution is 2.20. The maximum absolute atomic E-state index is 5.40. The van der Waals surface area contributed by atoms with E-state index in [0.717, 1.165) is 5.69 Å². The fourth-order valence-corrected chi connectivity index (χ4v) is 1.71. The number of hydrogen-bond acceptors (Lipinski definition) is 5. The minimum atomic E-state index is 0.463. The number of hydrogen-bond donors (Lipinski definition) is 0. The molecule has 0 aliphatic carbocycles. The Morgan fingerprint density at radius 2 is 2.00 bits per heavy atom. The zero-order valence-electron chi connectivity index (χ0n) is 9.82. The van der Waals surface area contributed by atoms with E-state index in [1.54, 1.807) is 4.68 Å². The molecule has 3 rings (SSSR count). The number of para-hydroxylation sites is 1. The Balaban J connectivity index is 2.18. The van der Waals surface area contributed by atoms with Gasteiger partial charge in [-0.1, -0.05) is 23.4 Å². The van der Waals surface area contributed by atoms with Crippen molar-refractivity contribution >= 4 is 11.2 Å². The van der Waals surface area contributed by atoms with Crippen molar-refractivity contribution in [3.05, 3.63) is 36.7 Å². The van der Waals surface area contributed by atoms with Crippen LogP contribution in [0.1, 0.15) is 6.92 Å². The van der Waals surface area contributed by atoms with E-state index in [4.69, 9.17) is 4.74 Å². The van der Waals surface area contributed by atoms with Crippen LogP contribution in [0, 0.1) is 0 Å². The summed E-state index contributed by atoms with van der Waals surface area (Å²) in [6, 6.07) is 9.71. The third kappa shape index (κ3) is 1.67. The topological polar surface area (TPSA) is 65.7 Å². The summed E-state index contributed by atoms with van der Waals surface area (Å²) in [6.07, 6.45) is 1.45. The normalized spacial score (nSPS) is 10.7. The van der Waals surface area contributed by atoms with Crippen LogP contribution in [0.25, 0.3) is 16.9 Å². The molecular weight excluding hydrogens is 230 g/mol. The summed E-state index contributed by atoms with van der Waals surface area (Å²) in [4.78, 5) is 8.26. The highest BCUT2D eigenvalue weighted by Gasteiger charge is 2.13. The van der Waals surface area contributed by atoms with E-state index >= 15 is 0 Å². The van der Waals surface area contributed by atoms with Gasteiger partial charge in [0, 0.05) is 0 Å². The van der Waals surface area contributed by atoms with E-state index in [2.05, 4.69) is 20.3 Å². The first-order chi connectivity index (χ1) is 8.90. The summed E-state index contributed by atoms with van der Waals surface area (Å²) < 4.78 is 7.07. The molecule has 18 heavy (non-hydrogen) atoms. The van der Waals surface area contributed by atoms with E-state index in [0.29, 0.717) is 23.7 Å². The lowest BCUT2D eigenvalue weighted by atomic mass is 10.3. The molecule has 0 unspecified atom stereocenters. The van der Waals surface area contributed by atoms with Crippen LogP contribution < -0.4 is 4.74 Å². The molecule has 2 aromatic heterocycles. The largest absolute Gasteiger partial charge is 0.476 e. The monoisotopic (exact) mass is 241 g/mol. The van der Waals surface area contributed by atoms with Gasteiger partial charge in [0.1, 0.15) is 6.33 Å². The van der Waals surface area contributed by atoms with Crippen molar-refractivity contribution in [3.8, 4) is 11.6 Å². The fraction of sp³-hybridized carbons (Fsp3) is 0.167. The summed E-state index contributed by atoms with van der Waals surface area (Å²) in [5, 5.41) is 8.17. The van der Waals surface area contributed by atoms with Gasteiger partial charge in [-0.25, -0.2) is 4.98 Å². The average Bonchev–Trinajstić information content (AvgIpc) is 2.85. The van der Waals surface area contributed by atoms with Crippen LogP contribution >= 0.6 is 0 Å². The smallest absolute Gasteiger partial charge is 0.247 e. The summed E-state index contributed by atoms with van der Waals surface area (Å²) in [6.45, 7) is 2.43. The maximum atomic E-state index is 5.40. The number of ether oxygens (including phenoxy) is 1. The van der Waals surface area contributed by atoms with Crippen molar-refractivity contribution in [1.82, 2.24) is 25.0 Å². The molecule has 0 atom stereocenters. The first-order valence-corrected chi connectivity index (χ1v) is 5.65. The molecule has 0 aliphatic heterocycles. The number of nitrogens with zero attached hydrogens (tertiary/aromatic N) is 5. The van der Waals surface area contributed by atoms with Gasteiger partial charge in [-0.2, -0.15) is 9.67 Å². The number of aromatic nitrogens is 5. The van der Waals surface area contributed by atoms with Gasteiger partial charge in [-0.3, -0.25) is 0 Å². The molecule has 0 fully saturated rings. The number of fused-ring (bicyclic) bond motifs is 1. The quantitative estimate of drug-likeness (QED) is 0.697. The molecule has 90 valence electrons. The van der Waals surface area contributed by atoms with Gasteiger partial charge in [0.15, 0.2) is 11.2 Å². The number of benzene rings is 1. The van der Waals surface area contributed by atoms with E-state index < -0.39 is 0 Å². The molecule has 0 radical (unpaired) electrons. The molecule has 0 aliphatic rings. The molecular formula is C12H11N5O. The zero-order chi connectivity index (χ0) is 12.4. The first kappa shape index (κ1) is 10.6. The molecule has 0 bridgehead atoms. The molecule has 6 nitrogen and oxygen atoms in total. The zero-order valence-corrected chi connectivity index (χ0v) is 9.82. The van der Waals surface area contributed by atoms with Crippen molar-refractivity contribution in [2.75, 3.05) is 6.61 Å². The lowest BCUT2D eigenvalue weighted by Crippen LogP contribution is -1.99. The molecule has 0 saturated carbocycles. The Kier molecular flexibility index (Phi) is 2.60. The Hall–Kier alpha value is -2.50. The van der Waals surface area contributed by atoms with Crippen LogP contribution in [0.5, 0.6) is 5.88 Å². The number of rotatable bonds is 3. The average molecular weight is 241 g/mol. The van der Waals surface area contributed by atoms with Gasteiger partial charge < -0.3 is 4.74 Å². The molecule has 6 heteroatoms. The van der Waals surface area contributed by atoms with Crippen molar-refractivity contribution < 1.29 is 4.74 Å². The van der Waals surface area contributed by atoms with Crippen molar-refractivity contribution in [2.24, 2.45) is 0 Å². The molecule has 0 saturated heterocycles. The van der Waals surface area contributed by atoms with Crippen LogP contribution in [0.3, 0.4) is 0 Å². The molecule has 0 spiro atoms. The SMILES string of the molecule is CCOc1ncnc2c1nnn2-c1ccccc1. The Bertz CT molecular complexity index is 665. The van der Waals surface area contributed by atoms with Crippen molar-refractivity contribution in [1.29, 1.82) is 0 Å². The third-order valence-corrected chi connectivity index (χ3v) is 2.49. The first-order valence-electron chi connectivity index (χ1n) is 5.65. The van der Waals surface area contributed by atoms with Gasteiger partial charge in [-0.05, 0) is 19.1 Å². The third-order valence-electron chi connectivity index (χ3n) is 2.49. The Morgan fingerprint density at radius 3 is 2.78 bits per heavy atom. The molecule has 2 heterocycles. The fourth-order valence-electron chi connectivity index (χ4n) is 1.71. The predicted octanol–water partition coefficient (Wildman–Crippen LogP) is 1.61. The van der Waals surface area contributed by atoms with Gasteiger partial charge in [0.25, 0.3) is 0 Å². The maximum Gasteiger partial charge on any atom is 0.247 e. The summed E-state index contributed by atoms with van der Waals surface area (Å²) in [5.74, 6) is 0.463. The minimum Gasteiger partial charge on any atom is -0.476 e.